The van der Waals surface area contributed by atoms with Crippen LogP contribution in [0.15, 0.2) is 22.9 Å². The summed E-state index contributed by atoms with van der Waals surface area (Å²) < 4.78 is 0.903. The molecule has 1 N–H and O–H groups in total. The fraction of sp³-hybridized carbons (Fsp3) is 0.375. The molecule has 1 aliphatic heterocycles. The number of nitrogens with zero attached hydrogens (tertiary/aromatic N) is 1. The van der Waals surface area contributed by atoms with E-state index in [0.29, 0.717) is 6.04 Å². The van der Waals surface area contributed by atoms with Crippen LogP contribution in [0.1, 0.15) is 18.0 Å². The third-order valence-corrected chi connectivity index (χ3v) is 2.45. The van der Waals surface area contributed by atoms with Crippen molar-refractivity contribution in [1.29, 1.82) is 0 Å². The molecule has 0 saturated carbocycles. The molecule has 0 radical (unpaired) electrons. The van der Waals surface area contributed by atoms with Crippen molar-refractivity contribution in [2.75, 3.05) is 6.54 Å². The quantitative estimate of drug-likeness (QED) is 0.773. The predicted molar refractivity (Wildman–Crippen MR) is 54.5 cm³/mol. The van der Waals surface area contributed by atoms with Gasteiger partial charge in [-0.05, 0) is 40.5 Å². The Morgan fingerprint density at radius 1 is 1.50 bits per heavy atom. The van der Waals surface area contributed by atoms with Crippen LogP contribution in [0.5, 0.6) is 0 Å². The van der Waals surface area contributed by atoms with E-state index in [-0.39, 0.29) is 12.4 Å². The van der Waals surface area contributed by atoms with Gasteiger partial charge in [0, 0.05) is 12.2 Å². The van der Waals surface area contributed by atoms with Crippen molar-refractivity contribution in [3.05, 3.63) is 28.5 Å². The van der Waals surface area contributed by atoms with E-state index >= 15 is 0 Å². The lowest BCUT2D eigenvalue weighted by molar-refractivity contribution is 0.382. The lowest BCUT2D eigenvalue weighted by Gasteiger charge is -2.27. The van der Waals surface area contributed by atoms with Gasteiger partial charge >= 0.3 is 0 Å². The SMILES string of the molecule is Brc1ccc([C@H]2CCN2)cn1.Cl. The third-order valence-electron chi connectivity index (χ3n) is 1.98. The first-order chi connectivity index (χ1) is 5.36. The van der Waals surface area contributed by atoms with Crippen LogP contribution in [0, 0.1) is 0 Å². The number of nitrogens with one attached hydrogen (secondary N) is 1. The summed E-state index contributed by atoms with van der Waals surface area (Å²) in [5.74, 6) is 0. The van der Waals surface area contributed by atoms with Gasteiger partial charge in [-0.1, -0.05) is 6.07 Å². The fourth-order valence-corrected chi connectivity index (χ4v) is 1.40. The molecule has 1 saturated heterocycles. The first-order valence-electron chi connectivity index (χ1n) is 3.71. The molecule has 4 heteroatoms. The second-order valence-electron chi connectivity index (χ2n) is 2.71. The van der Waals surface area contributed by atoms with Crippen molar-refractivity contribution in [2.24, 2.45) is 0 Å². The van der Waals surface area contributed by atoms with Crippen molar-refractivity contribution < 1.29 is 0 Å². The molecular weight excluding hydrogens is 239 g/mol. The van der Waals surface area contributed by atoms with Crippen LogP contribution in [0.4, 0.5) is 0 Å². The molecule has 1 fully saturated rings. The van der Waals surface area contributed by atoms with Crippen molar-refractivity contribution in [3.8, 4) is 0 Å². The Morgan fingerprint density at radius 2 is 2.25 bits per heavy atom. The minimum atomic E-state index is 0. The summed E-state index contributed by atoms with van der Waals surface area (Å²) in [6.45, 7) is 1.14. The average molecular weight is 250 g/mol. The van der Waals surface area contributed by atoms with Gasteiger partial charge in [0.05, 0.1) is 0 Å². The Morgan fingerprint density at radius 3 is 2.67 bits per heavy atom. The second kappa shape index (κ2) is 4.21. The summed E-state index contributed by atoms with van der Waals surface area (Å²) in [6, 6.07) is 4.64. The standard InChI is InChI=1S/C8H9BrN2.ClH/c9-8-2-1-6(5-11-8)7-3-4-10-7;/h1-2,5,7,10H,3-4H2;1H/t7-;/m1./s1. The molecule has 1 atom stereocenters. The molecule has 0 amide bonds. The third kappa shape index (κ3) is 1.97. The van der Waals surface area contributed by atoms with Gasteiger partial charge in [0.15, 0.2) is 0 Å². The summed E-state index contributed by atoms with van der Waals surface area (Å²) in [4.78, 5) is 4.16. The van der Waals surface area contributed by atoms with Crippen LogP contribution < -0.4 is 5.32 Å². The maximum Gasteiger partial charge on any atom is 0.106 e. The molecule has 0 aliphatic carbocycles. The molecule has 1 aromatic rings. The fourth-order valence-electron chi connectivity index (χ4n) is 1.17. The van der Waals surface area contributed by atoms with E-state index in [1.807, 2.05) is 12.3 Å². The van der Waals surface area contributed by atoms with Crippen molar-refractivity contribution in [3.63, 3.8) is 0 Å². The van der Waals surface area contributed by atoms with E-state index in [9.17, 15) is 0 Å². The molecule has 1 aliphatic rings. The van der Waals surface area contributed by atoms with E-state index in [1.165, 1.54) is 12.0 Å². The molecule has 66 valence electrons. The molecule has 0 unspecified atom stereocenters. The maximum atomic E-state index is 4.16. The summed E-state index contributed by atoms with van der Waals surface area (Å²) in [5.41, 5.74) is 1.29. The highest BCUT2D eigenvalue weighted by Gasteiger charge is 2.17. The van der Waals surface area contributed by atoms with Crippen LogP contribution in [-0.2, 0) is 0 Å². The Labute approximate surface area is 86.3 Å². The molecule has 2 rings (SSSR count). The summed E-state index contributed by atoms with van der Waals surface area (Å²) in [6.07, 6.45) is 3.16. The number of aromatic nitrogens is 1. The highest BCUT2D eigenvalue weighted by atomic mass is 79.9. The molecule has 0 bridgehead atoms. The van der Waals surface area contributed by atoms with Gasteiger partial charge in [-0.15, -0.1) is 12.4 Å². The Bertz CT molecular complexity index is 246. The van der Waals surface area contributed by atoms with Gasteiger partial charge in [-0.25, -0.2) is 4.98 Å². The van der Waals surface area contributed by atoms with Gasteiger partial charge in [0.1, 0.15) is 4.60 Å². The van der Waals surface area contributed by atoms with Crippen molar-refractivity contribution in [1.82, 2.24) is 10.3 Å². The number of rotatable bonds is 1. The van der Waals surface area contributed by atoms with Gasteiger partial charge in [-0.2, -0.15) is 0 Å². The van der Waals surface area contributed by atoms with Gasteiger partial charge in [-0.3, -0.25) is 0 Å². The van der Waals surface area contributed by atoms with E-state index in [0.717, 1.165) is 11.1 Å². The second-order valence-corrected chi connectivity index (χ2v) is 3.52. The minimum Gasteiger partial charge on any atom is -0.310 e. The van der Waals surface area contributed by atoms with Gasteiger partial charge in [0.2, 0.25) is 0 Å². The summed E-state index contributed by atoms with van der Waals surface area (Å²) in [7, 11) is 0. The van der Waals surface area contributed by atoms with Crippen LogP contribution in [-0.4, -0.2) is 11.5 Å². The van der Waals surface area contributed by atoms with Crippen LogP contribution in [0.25, 0.3) is 0 Å². The minimum absolute atomic E-state index is 0. The zero-order chi connectivity index (χ0) is 7.68. The van der Waals surface area contributed by atoms with Crippen molar-refractivity contribution >= 4 is 28.3 Å². The lowest BCUT2D eigenvalue weighted by Crippen LogP contribution is -2.34. The topological polar surface area (TPSA) is 24.9 Å². The van der Waals surface area contributed by atoms with Crippen molar-refractivity contribution in [2.45, 2.75) is 12.5 Å². The van der Waals surface area contributed by atoms with Gasteiger partial charge < -0.3 is 5.32 Å². The first kappa shape index (κ1) is 9.96. The summed E-state index contributed by atoms with van der Waals surface area (Å²) in [5, 5.41) is 3.33. The number of hydrogen-bond donors (Lipinski definition) is 1. The number of halogens is 2. The van der Waals surface area contributed by atoms with E-state index in [2.05, 4.69) is 32.3 Å². The molecule has 2 heterocycles. The number of pyridine rings is 1. The van der Waals surface area contributed by atoms with Crippen LogP contribution >= 0.6 is 28.3 Å². The molecular formula is C8H10BrClN2. The molecule has 0 aromatic carbocycles. The largest absolute Gasteiger partial charge is 0.310 e. The highest BCUT2D eigenvalue weighted by Crippen LogP contribution is 2.22. The highest BCUT2D eigenvalue weighted by molar-refractivity contribution is 9.10. The van der Waals surface area contributed by atoms with Crippen LogP contribution in [0.2, 0.25) is 0 Å². The van der Waals surface area contributed by atoms with E-state index in [4.69, 9.17) is 0 Å². The molecule has 0 spiro atoms. The smallest absolute Gasteiger partial charge is 0.106 e. The summed E-state index contributed by atoms with van der Waals surface area (Å²) >= 11 is 3.30. The zero-order valence-corrected chi connectivity index (χ0v) is 8.86. The first-order valence-corrected chi connectivity index (χ1v) is 4.50. The molecule has 2 nitrogen and oxygen atoms in total. The van der Waals surface area contributed by atoms with Crippen LogP contribution in [0.3, 0.4) is 0 Å². The predicted octanol–water partition coefficient (Wildman–Crippen LogP) is 2.30. The molecule has 12 heavy (non-hydrogen) atoms. The van der Waals surface area contributed by atoms with Gasteiger partial charge in [0.25, 0.3) is 0 Å². The lowest BCUT2D eigenvalue weighted by atomic mass is 10.0. The molecule has 1 aromatic heterocycles. The van der Waals surface area contributed by atoms with E-state index in [1.54, 1.807) is 0 Å². The Hall–Kier alpha value is -0.120. The zero-order valence-electron chi connectivity index (χ0n) is 6.46. The maximum absolute atomic E-state index is 4.16. The number of hydrogen-bond acceptors (Lipinski definition) is 2. The Balaban J connectivity index is 0.000000720. The Kier molecular flexibility index (Phi) is 3.50. The normalized spacial score (nSPS) is 20.9. The average Bonchev–Trinajstić information content (AvgIpc) is 1.90. The monoisotopic (exact) mass is 248 g/mol. The van der Waals surface area contributed by atoms with E-state index < -0.39 is 0 Å².